The van der Waals surface area contributed by atoms with E-state index in [1.54, 1.807) is 0 Å². The Morgan fingerprint density at radius 2 is 1.69 bits per heavy atom. The molecule has 1 aromatic heterocycles. The summed E-state index contributed by atoms with van der Waals surface area (Å²) in [6.07, 6.45) is 1.73. The fourth-order valence-corrected chi connectivity index (χ4v) is 4.97. The molecule has 35 heavy (non-hydrogen) atoms. The van der Waals surface area contributed by atoms with E-state index < -0.39 is 0 Å². The molecule has 3 heterocycles. The number of ether oxygens (including phenoxy) is 1. The van der Waals surface area contributed by atoms with Crippen LogP contribution < -0.4 is 9.64 Å². The zero-order valence-electron chi connectivity index (χ0n) is 20.3. The summed E-state index contributed by atoms with van der Waals surface area (Å²) < 4.78 is 11.3. The number of aromatic nitrogens is 2. The molecule has 2 fully saturated rings. The third kappa shape index (κ3) is 5.48. The number of piperazine rings is 1. The molecule has 0 atom stereocenters. The maximum Gasteiger partial charge on any atom is 0.241 e. The van der Waals surface area contributed by atoms with Gasteiger partial charge in [0.05, 0.1) is 18.8 Å². The molecule has 0 unspecified atom stereocenters. The van der Waals surface area contributed by atoms with Gasteiger partial charge in [0, 0.05) is 37.7 Å². The maximum atomic E-state index is 13.2. The summed E-state index contributed by atoms with van der Waals surface area (Å²) in [6.45, 7) is 8.16. The van der Waals surface area contributed by atoms with E-state index in [4.69, 9.17) is 9.26 Å². The van der Waals surface area contributed by atoms with E-state index in [-0.39, 0.29) is 5.92 Å². The molecule has 2 aliphatic rings. The van der Waals surface area contributed by atoms with Crippen molar-refractivity contribution in [2.75, 3.05) is 50.8 Å². The molecule has 0 saturated carbocycles. The van der Waals surface area contributed by atoms with Gasteiger partial charge in [-0.3, -0.25) is 9.69 Å². The summed E-state index contributed by atoms with van der Waals surface area (Å²) in [4.78, 5) is 24.4. The Hall–Kier alpha value is -3.39. The summed E-state index contributed by atoms with van der Waals surface area (Å²) in [6, 6.07) is 18.0. The van der Waals surface area contributed by atoms with Crippen LogP contribution in [0.15, 0.2) is 59.1 Å². The van der Waals surface area contributed by atoms with Crippen LogP contribution in [0.25, 0.3) is 11.4 Å². The second-order valence-electron chi connectivity index (χ2n) is 9.14. The number of benzene rings is 2. The highest BCUT2D eigenvalue weighted by molar-refractivity contribution is 5.79. The molecular weight excluding hydrogens is 442 g/mol. The number of nitrogens with zero attached hydrogens (tertiary/aromatic N) is 5. The van der Waals surface area contributed by atoms with Gasteiger partial charge in [-0.25, -0.2) is 0 Å². The number of anilines is 1. The average Bonchev–Trinajstić information content (AvgIpc) is 3.38. The fourth-order valence-electron chi connectivity index (χ4n) is 4.97. The molecule has 8 heteroatoms. The van der Waals surface area contributed by atoms with E-state index in [1.807, 2.05) is 60.4 Å². The van der Waals surface area contributed by atoms with Crippen LogP contribution in [0.1, 0.15) is 25.7 Å². The smallest absolute Gasteiger partial charge is 0.241 e. The van der Waals surface area contributed by atoms with Crippen LogP contribution in [0.3, 0.4) is 0 Å². The molecule has 0 aliphatic carbocycles. The molecule has 3 aromatic rings. The van der Waals surface area contributed by atoms with Crippen molar-refractivity contribution in [3.63, 3.8) is 0 Å². The number of carbonyl (C=O) groups is 1. The van der Waals surface area contributed by atoms with Gasteiger partial charge in [0.2, 0.25) is 17.6 Å². The minimum atomic E-state index is 0.0936. The first-order valence-corrected chi connectivity index (χ1v) is 12.6. The topological polar surface area (TPSA) is 74.9 Å². The largest absolute Gasteiger partial charge is 0.492 e. The Bertz CT molecular complexity index is 1100. The van der Waals surface area contributed by atoms with Crippen molar-refractivity contribution in [1.82, 2.24) is 19.9 Å². The van der Waals surface area contributed by atoms with Crippen LogP contribution in [0.5, 0.6) is 5.75 Å². The molecule has 0 radical (unpaired) electrons. The minimum absolute atomic E-state index is 0.0936. The van der Waals surface area contributed by atoms with Gasteiger partial charge in [-0.05, 0) is 45.0 Å². The number of rotatable bonds is 7. The van der Waals surface area contributed by atoms with Gasteiger partial charge in [0.1, 0.15) is 5.75 Å². The Morgan fingerprint density at radius 3 is 2.43 bits per heavy atom. The number of piperidine rings is 1. The fraction of sp³-hybridized carbons (Fsp3) is 0.444. The summed E-state index contributed by atoms with van der Waals surface area (Å²) >= 11 is 0. The number of para-hydroxylation sites is 2. The Labute approximate surface area is 206 Å². The third-order valence-electron chi connectivity index (χ3n) is 6.89. The number of likely N-dealkylation sites (tertiary alicyclic amines) is 1. The Kier molecular flexibility index (Phi) is 7.28. The van der Waals surface area contributed by atoms with E-state index in [0.29, 0.717) is 30.8 Å². The lowest BCUT2D eigenvalue weighted by Crippen LogP contribution is -2.51. The molecular formula is C27H33N5O3. The number of amides is 1. The van der Waals surface area contributed by atoms with E-state index in [1.165, 1.54) is 0 Å². The maximum absolute atomic E-state index is 13.2. The summed E-state index contributed by atoms with van der Waals surface area (Å²) in [7, 11) is 0. The average molecular weight is 476 g/mol. The first-order valence-electron chi connectivity index (χ1n) is 12.6. The first kappa shape index (κ1) is 23.4. The standard InChI is InChI=1S/C27H33N5O3/c1-2-34-24-11-7-6-10-23(24)31-16-18-32(19-17-31)27(33)22-12-14-30(15-13-22)20-25-28-26(29-35-25)21-8-4-3-5-9-21/h3-11,22H,2,12-20H2,1H3. The third-order valence-corrected chi connectivity index (χ3v) is 6.89. The van der Waals surface area contributed by atoms with Gasteiger partial charge < -0.3 is 19.1 Å². The van der Waals surface area contributed by atoms with E-state index in [2.05, 4.69) is 26.0 Å². The number of hydrogen-bond donors (Lipinski definition) is 0. The molecule has 0 N–H and O–H groups in total. The van der Waals surface area contributed by atoms with Crippen LogP contribution >= 0.6 is 0 Å². The summed E-state index contributed by atoms with van der Waals surface area (Å²) in [5, 5.41) is 4.11. The van der Waals surface area contributed by atoms with Crippen molar-refractivity contribution >= 4 is 11.6 Å². The summed E-state index contributed by atoms with van der Waals surface area (Å²) in [5.74, 6) is 2.55. The molecule has 2 aromatic carbocycles. The van der Waals surface area contributed by atoms with Gasteiger partial charge in [0.15, 0.2) is 0 Å². The molecule has 184 valence electrons. The molecule has 0 spiro atoms. The molecule has 2 aliphatic heterocycles. The van der Waals surface area contributed by atoms with Gasteiger partial charge in [-0.2, -0.15) is 4.98 Å². The first-order chi connectivity index (χ1) is 17.2. The van der Waals surface area contributed by atoms with Gasteiger partial charge in [0.25, 0.3) is 0 Å². The van der Waals surface area contributed by atoms with Crippen molar-refractivity contribution in [3.8, 4) is 17.1 Å². The zero-order valence-corrected chi connectivity index (χ0v) is 20.3. The van der Waals surface area contributed by atoms with Crippen LogP contribution in [0, 0.1) is 5.92 Å². The molecule has 2 saturated heterocycles. The lowest BCUT2D eigenvalue weighted by molar-refractivity contribution is -0.137. The molecule has 8 nitrogen and oxygen atoms in total. The van der Waals surface area contributed by atoms with Crippen molar-refractivity contribution in [2.45, 2.75) is 26.3 Å². The highest BCUT2D eigenvalue weighted by Crippen LogP contribution is 2.29. The highest BCUT2D eigenvalue weighted by atomic mass is 16.5. The quantitative estimate of drug-likeness (QED) is 0.516. The molecule has 0 bridgehead atoms. The molecule has 5 rings (SSSR count). The van der Waals surface area contributed by atoms with E-state index in [0.717, 1.165) is 69.1 Å². The van der Waals surface area contributed by atoms with Gasteiger partial charge in [-0.1, -0.05) is 47.6 Å². The Balaban J connectivity index is 1.09. The lowest BCUT2D eigenvalue weighted by atomic mass is 9.95. The van der Waals surface area contributed by atoms with E-state index >= 15 is 0 Å². The summed E-state index contributed by atoms with van der Waals surface area (Å²) in [5.41, 5.74) is 2.07. The molecule has 1 amide bonds. The predicted octanol–water partition coefficient (Wildman–Crippen LogP) is 3.70. The highest BCUT2D eigenvalue weighted by Gasteiger charge is 2.31. The SMILES string of the molecule is CCOc1ccccc1N1CCN(C(=O)C2CCN(Cc3nc(-c4ccccc4)no3)CC2)CC1. The lowest BCUT2D eigenvalue weighted by Gasteiger charge is -2.39. The van der Waals surface area contributed by atoms with Crippen molar-refractivity contribution < 1.29 is 14.1 Å². The number of hydrogen-bond acceptors (Lipinski definition) is 7. The van der Waals surface area contributed by atoms with Crippen LogP contribution in [-0.2, 0) is 11.3 Å². The van der Waals surface area contributed by atoms with Crippen LogP contribution in [-0.4, -0.2) is 71.7 Å². The Morgan fingerprint density at radius 1 is 0.971 bits per heavy atom. The van der Waals surface area contributed by atoms with Crippen molar-refractivity contribution in [1.29, 1.82) is 0 Å². The zero-order chi connectivity index (χ0) is 24.0. The second kappa shape index (κ2) is 10.9. The van der Waals surface area contributed by atoms with Crippen LogP contribution in [0.4, 0.5) is 5.69 Å². The van der Waals surface area contributed by atoms with Gasteiger partial charge >= 0.3 is 0 Å². The van der Waals surface area contributed by atoms with Crippen LogP contribution in [0.2, 0.25) is 0 Å². The van der Waals surface area contributed by atoms with Gasteiger partial charge in [-0.15, -0.1) is 0 Å². The second-order valence-corrected chi connectivity index (χ2v) is 9.14. The predicted molar refractivity (Wildman–Crippen MR) is 134 cm³/mol. The van der Waals surface area contributed by atoms with Crippen molar-refractivity contribution in [2.24, 2.45) is 5.92 Å². The normalized spacial score (nSPS) is 17.5. The van der Waals surface area contributed by atoms with E-state index in [9.17, 15) is 4.79 Å². The number of carbonyl (C=O) groups excluding carboxylic acids is 1. The monoisotopic (exact) mass is 475 g/mol. The van der Waals surface area contributed by atoms with Crippen molar-refractivity contribution in [3.05, 3.63) is 60.5 Å². The minimum Gasteiger partial charge on any atom is -0.492 e.